The normalized spacial score (nSPS) is 15.8. The quantitative estimate of drug-likeness (QED) is 0.530. The molecule has 0 rings (SSSR count). The van der Waals surface area contributed by atoms with Crippen molar-refractivity contribution >= 4 is 5.91 Å². The summed E-state index contributed by atoms with van der Waals surface area (Å²) in [7, 11) is 0. The summed E-state index contributed by atoms with van der Waals surface area (Å²) in [5, 5.41) is 2.99. The van der Waals surface area contributed by atoms with Gasteiger partial charge in [-0.2, -0.15) is 0 Å². The van der Waals surface area contributed by atoms with Crippen LogP contribution in [0, 0.1) is 11.3 Å². The van der Waals surface area contributed by atoms with Crippen molar-refractivity contribution in [1.82, 2.24) is 5.32 Å². The molecule has 0 aromatic carbocycles. The Kier molecular flexibility index (Phi) is 9.99. The van der Waals surface area contributed by atoms with Gasteiger partial charge < -0.3 is 5.32 Å². The standard InChI is InChI=1S/C17H35NO/c1-6-8-10-11-13-17(5,12-9-7-2)15(3)14-18-16(4)19/h15H,6-14H2,1-5H3,(H,18,19)/t15-,17?/m0/s1. The van der Waals surface area contributed by atoms with Gasteiger partial charge in [0.2, 0.25) is 5.91 Å². The second-order valence-corrected chi connectivity index (χ2v) is 6.41. The first-order valence-corrected chi connectivity index (χ1v) is 8.20. The van der Waals surface area contributed by atoms with E-state index in [2.05, 4.69) is 33.0 Å². The summed E-state index contributed by atoms with van der Waals surface area (Å²) >= 11 is 0. The van der Waals surface area contributed by atoms with Gasteiger partial charge in [-0.25, -0.2) is 0 Å². The Morgan fingerprint density at radius 1 is 1.05 bits per heavy atom. The van der Waals surface area contributed by atoms with Crippen molar-refractivity contribution in [2.75, 3.05) is 6.54 Å². The molecule has 2 nitrogen and oxygen atoms in total. The fourth-order valence-corrected chi connectivity index (χ4v) is 2.70. The first kappa shape index (κ1) is 18.5. The van der Waals surface area contributed by atoms with Crippen LogP contribution in [0.15, 0.2) is 0 Å². The van der Waals surface area contributed by atoms with E-state index in [4.69, 9.17) is 0 Å². The van der Waals surface area contributed by atoms with E-state index in [9.17, 15) is 4.79 Å². The van der Waals surface area contributed by atoms with E-state index in [1.807, 2.05) is 0 Å². The Morgan fingerprint density at radius 2 is 1.63 bits per heavy atom. The van der Waals surface area contributed by atoms with Gasteiger partial charge >= 0.3 is 0 Å². The third-order valence-corrected chi connectivity index (χ3v) is 4.55. The molecule has 0 aliphatic rings. The SMILES string of the molecule is CCCCCCC(C)(CCCC)[C@@H](C)CNC(C)=O. The highest BCUT2D eigenvalue weighted by Gasteiger charge is 2.29. The molecule has 1 unspecified atom stereocenters. The molecular weight excluding hydrogens is 234 g/mol. The summed E-state index contributed by atoms with van der Waals surface area (Å²) in [4.78, 5) is 11.1. The van der Waals surface area contributed by atoms with Gasteiger partial charge in [-0.1, -0.05) is 66.2 Å². The topological polar surface area (TPSA) is 29.1 Å². The Bertz CT molecular complexity index is 239. The van der Waals surface area contributed by atoms with Gasteiger partial charge in [-0.05, 0) is 24.2 Å². The summed E-state index contributed by atoms with van der Waals surface area (Å²) < 4.78 is 0. The number of unbranched alkanes of at least 4 members (excludes halogenated alkanes) is 4. The zero-order valence-electron chi connectivity index (χ0n) is 13.8. The maximum Gasteiger partial charge on any atom is 0.216 e. The Hall–Kier alpha value is -0.530. The largest absolute Gasteiger partial charge is 0.356 e. The van der Waals surface area contributed by atoms with Crippen molar-refractivity contribution < 1.29 is 4.79 Å². The molecule has 0 aliphatic heterocycles. The number of nitrogens with one attached hydrogen (secondary N) is 1. The first-order valence-electron chi connectivity index (χ1n) is 8.20. The number of hydrogen-bond donors (Lipinski definition) is 1. The van der Waals surface area contributed by atoms with Crippen LogP contribution in [0.25, 0.3) is 0 Å². The molecule has 114 valence electrons. The van der Waals surface area contributed by atoms with Gasteiger partial charge in [-0.15, -0.1) is 0 Å². The first-order chi connectivity index (χ1) is 8.96. The van der Waals surface area contributed by atoms with Crippen molar-refractivity contribution in [1.29, 1.82) is 0 Å². The van der Waals surface area contributed by atoms with Gasteiger partial charge in [0, 0.05) is 13.5 Å². The maximum absolute atomic E-state index is 11.1. The summed E-state index contributed by atoms with van der Waals surface area (Å²) in [5.41, 5.74) is 0.381. The van der Waals surface area contributed by atoms with Crippen LogP contribution in [-0.4, -0.2) is 12.5 Å². The minimum Gasteiger partial charge on any atom is -0.356 e. The molecule has 2 atom stereocenters. The molecule has 0 aliphatic carbocycles. The third-order valence-electron chi connectivity index (χ3n) is 4.55. The van der Waals surface area contributed by atoms with Gasteiger partial charge in [0.15, 0.2) is 0 Å². The second-order valence-electron chi connectivity index (χ2n) is 6.41. The number of amides is 1. The van der Waals surface area contributed by atoms with Gasteiger partial charge in [0.1, 0.15) is 0 Å². The predicted molar refractivity (Wildman–Crippen MR) is 84.2 cm³/mol. The van der Waals surface area contributed by atoms with Crippen molar-refractivity contribution in [2.45, 2.75) is 86.0 Å². The lowest BCUT2D eigenvalue weighted by Crippen LogP contribution is -2.35. The lowest BCUT2D eigenvalue weighted by Gasteiger charge is -2.36. The highest BCUT2D eigenvalue weighted by atomic mass is 16.1. The van der Waals surface area contributed by atoms with Crippen molar-refractivity contribution in [3.05, 3.63) is 0 Å². The minimum atomic E-state index is 0.0932. The smallest absolute Gasteiger partial charge is 0.216 e. The highest BCUT2D eigenvalue weighted by Crippen LogP contribution is 2.38. The van der Waals surface area contributed by atoms with Crippen LogP contribution >= 0.6 is 0 Å². The average molecular weight is 269 g/mol. The number of carbonyl (C=O) groups excluding carboxylic acids is 1. The average Bonchev–Trinajstić information content (AvgIpc) is 2.38. The Balaban J connectivity index is 4.33. The Labute approximate surface area is 120 Å². The van der Waals surface area contributed by atoms with E-state index in [1.54, 1.807) is 6.92 Å². The summed E-state index contributed by atoms with van der Waals surface area (Å²) in [6, 6.07) is 0. The van der Waals surface area contributed by atoms with Crippen LogP contribution in [-0.2, 0) is 4.79 Å². The summed E-state index contributed by atoms with van der Waals surface area (Å²) in [6.45, 7) is 11.7. The van der Waals surface area contributed by atoms with Gasteiger partial charge in [0.25, 0.3) is 0 Å². The molecule has 0 bridgehead atoms. The zero-order valence-corrected chi connectivity index (χ0v) is 13.8. The summed E-state index contributed by atoms with van der Waals surface area (Å²) in [5.74, 6) is 0.653. The van der Waals surface area contributed by atoms with Crippen molar-refractivity contribution in [3.63, 3.8) is 0 Å². The van der Waals surface area contributed by atoms with E-state index in [0.29, 0.717) is 11.3 Å². The van der Waals surface area contributed by atoms with Crippen LogP contribution < -0.4 is 5.32 Å². The minimum absolute atomic E-state index is 0.0932. The molecule has 19 heavy (non-hydrogen) atoms. The van der Waals surface area contributed by atoms with Crippen LogP contribution in [0.5, 0.6) is 0 Å². The van der Waals surface area contributed by atoms with Crippen LogP contribution in [0.1, 0.15) is 86.0 Å². The molecule has 0 aromatic heterocycles. The van der Waals surface area contributed by atoms with Gasteiger partial charge in [0.05, 0.1) is 0 Å². The van der Waals surface area contributed by atoms with Crippen LogP contribution in [0.3, 0.4) is 0 Å². The van der Waals surface area contributed by atoms with Crippen molar-refractivity contribution in [2.24, 2.45) is 11.3 Å². The lowest BCUT2D eigenvalue weighted by atomic mass is 9.70. The van der Waals surface area contributed by atoms with Crippen LogP contribution in [0.4, 0.5) is 0 Å². The molecule has 0 radical (unpaired) electrons. The highest BCUT2D eigenvalue weighted by molar-refractivity contribution is 5.72. The van der Waals surface area contributed by atoms with Crippen LogP contribution in [0.2, 0.25) is 0 Å². The molecule has 0 saturated carbocycles. The predicted octanol–water partition coefficient (Wildman–Crippen LogP) is 4.93. The summed E-state index contributed by atoms with van der Waals surface area (Å²) in [6.07, 6.45) is 10.5. The zero-order chi connectivity index (χ0) is 14.7. The fourth-order valence-electron chi connectivity index (χ4n) is 2.70. The number of hydrogen-bond acceptors (Lipinski definition) is 1. The van der Waals surface area contributed by atoms with E-state index >= 15 is 0 Å². The lowest BCUT2D eigenvalue weighted by molar-refractivity contribution is -0.119. The molecule has 1 N–H and O–H groups in total. The van der Waals surface area contributed by atoms with Gasteiger partial charge in [-0.3, -0.25) is 4.79 Å². The van der Waals surface area contributed by atoms with E-state index < -0.39 is 0 Å². The number of carbonyl (C=O) groups is 1. The Morgan fingerprint density at radius 3 is 2.16 bits per heavy atom. The molecule has 0 saturated heterocycles. The van der Waals surface area contributed by atoms with E-state index in [0.717, 1.165) is 6.54 Å². The molecule has 0 heterocycles. The maximum atomic E-state index is 11.1. The molecule has 0 fully saturated rings. The second kappa shape index (κ2) is 10.3. The number of rotatable bonds is 11. The fraction of sp³-hybridized carbons (Fsp3) is 0.941. The third kappa shape index (κ3) is 8.28. The molecule has 0 aromatic rings. The van der Waals surface area contributed by atoms with E-state index in [1.165, 1.54) is 51.4 Å². The van der Waals surface area contributed by atoms with Crippen molar-refractivity contribution in [3.8, 4) is 0 Å². The monoisotopic (exact) mass is 269 g/mol. The molecular formula is C17H35NO. The molecule has 2 heteroatoms. The molecule has 1 amide bonds. The molecule has 0 spiro atoms. The van der Waals surface area contributed by atoms with E-state index in [-0.39, 0.29) is 5.91 Å².